The molecule has 0 spiro atoms. The number of carbonyl (C=O) groups is 1. The standard InChI is InChI=1S/C18H32N2O3/c1-14-4-6-15(7-5-14)19-18(21)20-10-8-16(9-11-20)23-13-17-3-2-12-22-17/h14-17H,2-13H2,1H3,(H,19,21)/t14?,15?,17-/m0/s1. The maximum Gasteiger partial charge on any atom is 0.317 e. The van der Waals surface area contributed by atoms with Crippen molar-refractivity contribution in [2.24, 2.45) is 5.92 Å². The van der Waals surface area contributed by atoms with Crippen LogP contribution in [0, 0.1) is 5.92 Å². The Hall–Kier alpha value is -0.810. The fourth-order valence-electron chi connectivity index (χ4n) is 3.92. The monoisotopic (exact) mass is 324 g/mol. The molecule has 132 valence electrons. The van der Waals surface area contributed by atoms with Crippen molar-refractivity contribution >= 4 is 6.03 Å². The minimum atomic E-state index is 0.127. The first-order chi connectivity index (χ1) is 11.2. The van der Waals surface area contributed by atoms with Crippen molar-refractivity contribution in [3.8, 4) is 0 Å². The van der Waals surface area contributed by atoms with Crippen LogP contribution in [0.15, 0.2) is 0 Å². The molecular weight excluding hydrogens is 292 g/mol. The molecule has 1 saturated carbocycles. The SMILES string of the molecule is CC1CCC(NC(=O)N2CCC(OC[C@@H]3CCCO3)CC2)CC1. The zero-order valence-electron chi connectivity index (χ0n) is 14.5. The number of ether oxygens (including phenoxy) is 2. The quantitative estimate of drug-likeness (QED) is 0.865. The van der Waals surface area contributed by atoms with Gasteiger partial charge in [-0.3, -0.25) is 0 Å². The summed E-state index contributed by atoms with van der Waals surface area (Å²) in [5.74, 6) is 0.819. The van der Waals surface area contributed by atoms with Crippen molar-refractivity contribution in [1.29, 1.82) is 0 Å². The Balaban J connectivity index is 1.32. The normalized spacial score (nSPS) is 32.9. The van der Waals surface area contributed by atoms with E-state index < -0.39 is 0 Å². The second kappa shape index (κ2) is 8.34. The van der Waals surface area contributed by atoms with E-state index in [4.69, 9.17) is 9.47 Å². The lowest BCUT2D eigenvalue weighted by Gasteiger charge is -2.34. The van der Waals surface area contributed by atoms with Gasteiger partial charge in [0.25, 0.3) is 0 Å². The summed E-state index contributed by atoms with van der Waals surface area (Å²) >= 11 is 0. The number of nitrogens with one attached hydrogen (secondary N) is 1. The first kappa shape index (κ1) is 17.0. The van der Waals surface area contributed by atoms with E-state index in [1.807, 2.05) is 4.90 Å². The van der Waals surface area contributed by atoms with E-state index >= 15 is 0 Å². The second-order valence-corrected chi connectivity index (χ2v) is 7.56. The number of rotatable bonds is 4. The molecule has 5 heteroatoms. The average molecular weight is 324 g/mol. The molecule has 3 fully saturated rings. The van der Waals surface area contributed by atoms with Crippen molar-refractivity contribution in [2.45, 2.75) is 76.5 Å². The van der Waals surface area contributed by atoms with Gasteiger partial charge >= 0.3 is 6.03 Å². The lowest BCUT2D eigenvalue weighted by Crippen LogP contribution is -2.49. The van der Waals surface area contributed by atoms with Crippen LogP contribution in [0.25, 0.3) is 0 Å². The highest BCUT2D eigenvalue weighted by Gasteiger charge is 2.27. The summed E-state index contributed by atoms with van der Waals surface area (Å²) < 4.78 is 11.6. The van der Waals surface area contributed by atoms with Crippen LogP contribution in [-0.2, 0) is 9.47 Å². The Morgan fingerprint density at radius 2 is 1.87 bits per heavy atom. The van der Waals surface area contributed by atoms with Gasteiger partial charge in [-0.1, -0.05) is 6.92 Å². The molecule has 0 aromatic rings. The van der Waals surface area contributed by atoms with E-state index in [9.17, 15) is 4.79 Å². The van der Waals surface area contributed by atoms with Crippen LogP contribution in [0.3, 0.4) is 0 Å². The van der Waals surface area contributed by atoms with Gasteiger partial charge in [-0.2, -0.15) is 0 Å². The number of likely N-dealkylation sites (tertiary alicyclic amines) is 1. The van der Waals surface area contributed by atoms with Crippen LogP contribution >= 0.6 is 0 Å². The number of nitrogens with zero attached hydrogens (tertiary/aromatic N) is 1. The minimum Gasteiger partial charge on any atom is -0.376 e. The Labute approximate surface area is 140 Å². The summed E-state index contributed by atoms with van der Waals surface area (Å²) in [7, 11) is 0. The molecule has 23 heavy (non-hydrogen) atoms. The average Bonchev–Trinajstić information content (AvgIpc) is 3.09. The van der Waals surface area contributed by atoms with Crippen molar-refractivity contribution < 1.29 is 14.3 Å². The van der Waals surface area contributed by atoms with Crippen LogP contribution in [0.1, 0.15) is 58.3 Å². The summed E-state index contributed by atoms with van der Waals surface area (Å²) in [4.78, 5) is 14.3. The molecule has 2 aliphatic heterocycles. The van der Waals surface area contributed by atoms with Gasteiger partial charge in [0.1, 0.15) is 0 Å². The van der Waals surface area contributed by atoms with Gasteiger partial charge in [-0.25, -0.2) is 4.79 Å². The van der Waals surface area contributed by atoms with E-state index in [-0.39, 0.29) is 6.03 Å². The third-order valence-electron chi connectivity index (χ3n) is 5.61. The van der Waals surface area contributed by atoms with E-state index in [1.165, 1.54) is 12.8 Å². The van der Waals surface area contributed by atoms with Gasteiger partial charge in [-0.05, 0) is 57.3 Å². The van der Waals surface area contributed by atoms with Gasteiger partial charge in [0.2, 0.25) is 0 Å². The fourth-order valence-corrected chi connectivity index (χ4v) is 3.92. The molecule has 0 aromatic heterocycles. The number of piperidine rings is 1. The highest BCUT2D eigenvalue weighted by Crippen LogP contribution is 2.24. The molecule has 1 atom stereocenters. The largest absolute Gasteiger partial charge is 0.376 e. The van der Waals surface area contributed by atoms with Crippen molar-refractivity contribution in [1.82, 2.24) is 10.2 Å². The third-order valence-corrected chi connectivity index (χ3v) is 5.61. The summed E-state index contributed by atoms with van der Waals surface area (Å²) in [5.41, 5.74) is 0. The van der Waals surface area contributed by atoms with Crippen LogP contribution in [0.4, 0.5) is 4.79 Å². The van der Waals surface area contributed by atoms with Crippen molar-refractivity contribution in [3.63, 3.8) is 0 Å². The highest BCUT2D eigenvalue weighted by atomic mass is 16.5. The predicted octanol–water partition coefficient (Wildman–Crippen LogP) is 2.93. The zero-order chi connectivity index (χ0) is 16.1. The van der Waals surface area contributed by atoms with Gasteiger partial charge in [0, 0.05) is 25.7 Å². The molecule has 0 aromatic carbocycles. The Bertz CT molecular complexity index is 368. The number of amides is 2. The highest BCUT2D eigenvalue weighted by molar-refractivity contribution is 5.74. The molecule has 5 nitrogen and oxygen atoms in total. The lowest BCUT2D eigenvalue weighted by atomic mass is 9.87. The first-order valence-electron chi connectivity index (χ1n) is 9.49. The Kier molecular flexibility index (Phi) is 6.17. The summed E-state index contributed by atoms with van der Waals surface area (Å²) in [5, 5.41) is 3.23. The Morgan fingerprint density at radius 1 is 1.13 bits per heavy atom. The molecule has 2 heterocycles. The number of carbonyl (C=O) groups excluding carboxylic acids is 1. The molecule has 2 saturated heterocycles. The van der Waals surface area contributed by atoms with Crippen molar-refractivity contribution in [3.05, 3.63) is 0 Å². The zero-order valence-corrected chi connectivity index (χ0v) is 14.5. The van der Waals surface area contributed by atoms with E-state index in [1.54, 1.807) is 0 Å². The summed E-state index contributed by atoms with van der Waals surface area (Å²) in [6.07, 6.45) is 9.51. The van der Waals surface area contributed by atoms with Crippen LogP contribution < -0.4 is 5.32 Å². The predicted molar refractivity (Wildman–Crippen MR) is 89.5 cm³/mol. The maximum absolute atomic E-state index is 12.4. The minimum absolute atomic E-state index is 0.127. The lowest BCUT2D eigenvalue weighted by molar-refractivity contribution is -0.0382. The van der Waals surface area contributed by atoms with Gasteiger partial charge < -0.3 is 19.7 Å². The van der Waals surface area contributed by atoms with Gasteiger partial charge in [-0.15, -0.1) is 0 Å². The molecule has 0 radical (unpaired) electrons. The van der Waals surface area contributed by atoms with E-state index in [0.717, 1.165) is 70.7 Å². The molecule has 1 aliphatic carbocycles. The molecule has 0 unspecified atom stereocenters. The van der Waals surface area contributed by atoms with Gasteiger partial charge in [0.15, 0.2) is 0 Å². The topological polar surface area (TPSA) is 50.8 Å². The summed E-state index contributed by atoms with van der Waals surface area (Å²) in [6, 6.07) is 0.509. The molecular formula is C18H32N2O3. The maximum atomic E-state index is 12.4. The van der Waals surface area contributed by atoms with Crippen LogP contribution in [0.5, 0.6) is 0 Å². The molecule has 0 bridgehead atoms. The number of urea groups is 1. The van der Waals surface area contributed by atoms with Gasteiger partial charge in [0.05, 0.1) is 18.8 Å². The van der Waals surface area contributed by atoms with Crippen LogP contribution in [-0.4, -0.2) is 55.5 Å². The second-order valence-electron chi connectivity index (χ2n) is 7.56. The fraction of sp³-hybridized carbons (Fsp3) is 0.944. The third kappa shape index (κ3) is 5.08. The molecule has 3 rings (SSSR count). The van der Waals surface area contributed by atoms with Crippen LogP contribution in [0.2, 0.25) is 0 Å². The van der Waals surface area contributed by atoms with E-state index in [2.05, 4.69) is 12.2 Å². The number of hydrogen-bond donors (Lipinski definition) is 1. The smallest absolute Gasteiger partial charge is 0.317 e. The first-order valence-corrected chi connectivity index (χ1v) is 9.49. The van der Waals surface area contributed by atoms with Crippen molar-refractivity contribution in [2.75, 3.05) is 26.3 Å². The molecule has 2 amide bonds. The Morgan fingerprint density at radius 3 is 2.52 bits per heavy atom. The number of hydrogen-bond acceptors (Lipinski definition) is 3. The molecule has 3 aliphatic rings. The molecule has 1 N–H and O–H groups in total. The summed E-state index contributed by atoms with van der Waals surface area (Å²) in [6.45, 7) is 5.53. The van der Waals surface area contributed by atoms with E-state index in [0.29, 0.717) is 18.2 Å².